The largest absolute Gasteiger partial charge is 0.381 e. The van der Waals surface area contributed by atoms with Crippen molar-refractivity contribution in [2.75, 3.05) is 32.8 Å². The maximum atomic E-state index is 5.92. The third kappa shape index (κ3) is 6.13. The van der Waals surface area contributed by atoms with Gasteiger partial charge < -0.3 is 15.4 Å². The molecule has 3 heteroatoms. The van der Waals surface area contributed by atoms with Gasteiger partial charge in [-0.2, -0.15) is 0 Å². The number of likely N-dealkylation sites (tertiary alicyclic amines) is 1. The summed E-state index contributed by atoms with van der Waals surface area (Å²) in [6.45, 7) is 7.48. The lowest BCUT2D eigenvalue weighted by Gasteiger charge is -2.30. The zero-order chi connectivity index (χ0) is 10.9. The predicted octanol–water partition coefficient (Wildman–Crippen LogP) is 1.62. The first-order chi connectivity index (χ1) is 7.33. The van der Waals surface area contributed by atoms with Crippen molar-refractivity contribution in [1.82, 2.24) is 4.90 Å². The maximum Gasteiger partial charge on any atom is 0.0478 e. The van der Waals surface area contributed by atoms with Crippen LogP contribution in [-0.2, 0) is 4.74 Å². The second-order valence-electron chi connectivity index (χ2n) is 4.52. The highest BCUT2D eigenvalue weighted by Crippen LogP contribution is 2.08. The number of piperidine rings is 1. The third-order valence-electron chi connectivity index (χ3n) is 2.95. The molecule has 3 nitrogen and oxygen atoms in total. The molecule has 0 saturated carbocycles. The third-order valence-corrected chi connectivity index (χ3v) is 2.95. The van der Waals surface area contributed by atoms with E-state index in [1.165, 1.54) is 32.2 Å². The Balaban J connectivity index is 1.90. The molecule has 0 aromatic rings. The Morgan fingerprint density at radius 1 is 1.33 bits per heavy atom. The van der Waals surface area contributed by atoms with Gasteiger partial charge >= 0.3 is 0 Å². The smallest absolute Gasteiger partial charge is 0.0478 e. The summed E-state index contributed by atoms with van der Waals surface area (Å²) in [7, 11) is 0. The van der Waals surface area contributed by atoms with Gasteiger partial charge in [0, 0.05) is 32.3 Å². The van der Waals surface area contributed by atoms with Gasteiger partial charge in [-0.05, 0) is 32.2 Å². The average Bonchev–Trinajstić information content (AvgIpc) is 2.23. The number of nitrogens with two attached hydrogens (primary N) is 1. The van der Waals surface area contributed by atoms with Gasteiger partial charge in [0.05, 0.1) is 0 Å². The van der Waals surface area contributed by atoms with E-state index in [0.717, 1.165) is 32.7 Å². The molecule has 1 unspecified atom stereocenters. The molecule has 0 spiro atoms. The van der Waals surface area contributed by atoms with Gasteiger partial charge in [-0.25, -0.2) is 0 Å². The van der Waals surface area contributed by atoms with Crippen molar-refractivity contribution < 1.29 is 4.74 Å². The summed E-state index contributed by atoms with van der Waals surface area (Å²) >= 11 is 0. The van der Waals surface area contributed by atoms with Gasteiger partial charge in [0.2, 0.25) is 0 Å². The second kappa shape index (κ2) is 8.08. The van der Waals surface area contributed by atoms with E-state index < -0.39 is 0 Å². The van der Waals surface area contributed by atoms with Crippen LogP contribution in [0.2, 0.25) is 0 Å². The van der Waals surface area contributed by atoms with Crippen LogP contribution in [0.15, 0.2) is 0 Å². The lowest BCUT2D eigenvalue weighted by molar-refractivity contribution is 0.112. The number of unbranched alkanes of at least 4 members (excludes halogenated alkanes) is 1. The molecular formula is C12H26N2O. The van der Waals surface area contributed by atoms with Gasteiger partial charge in [-0.15, -0.1) is 0 Å². The monoisotopic (exact) mass is 214 g/mol. The fourth-order valence-electron chi connectivity index (χ4n) is 2.03. The normalized spacial score (nSPS) is 23.2. The first-order valence-electron chi connectivity index (χ1n) is 6.38. The number of ether oxygens (including phenoxy) is 1. The fourth-order valence-corrected chi connectivity index (χ4v) is 2.03. The number of nitrogens with zero attached hydrogens (tertiary/aromatic N) is 1. The van der Waals surface area contributed by atoms with E-state index >= 15 is 0 Å². The summed E-state index contributed by atoms with van der Waals surface area (Å²) in [6, 6.07) is 0.403. The van der Waals surface area contributed by atoms with Gasteiger partial charge in [0.1, 0.15) is 0 Å². The van der Waals surface area contributed by atoms with Crippen molar-refractivity contribution in [3.05, 3.63) is 0 Å². The molecule has 0 aromatic heterocycles. The summed E-state index contributed by atoms with van der Waals surface area (Å²) in [5, 5.41) is 0. The molecule has 0 aromatic carbocycles. The van der Waals surface area contributed by atoms with Crippen LogP contribution in [0.1, 0.15) is 39.0 Å². The minimum atomic E-state index is 0.403. The molecule has 1 atom stereocenters. The van der Waals surface area contributed by atoms with Crippen molar-refractivity contribution in [3.63, 3.8) is 0 Å². The lowest BCUT2D eigenvalue weighted by atomic mass is 10.1. The molecule has 0 amide bonds. The van der Waals surface area contributed by atoms with E-state index in [-0.39, 0.29) is 0 Å². The highest BCUT2D eigenvalue weighted by molar-refractivity contribution is 4.74. The molecule has 1 fully saturated rings. The van der Waals surface area contributed by atoms with Crippen LogP contribution in [0, 0.1) is 0 Å². The van der Waals surface area contributed by atoms with Crippen LogP contribution in [0.25, 0.3) is 0 Å². The van der Waals surface area contributed by atoms with Crippen molar-refractivity contribution >= 4 is 0 Å². The van der Waals surface area contributed by atoms with Crippen molar-refractivity contribution in [2.24, 2.45) is 5.73 Å². The van der Waals surface area contributed by atoms with Crippen LogP contribution in [0.4, 0.5) is 0 Å². The van der Waals surface area contributed by atoms with Crippen molar-refractivity contribution in [3.8, 4) is 0 Å². The molecule has 0 aliphatic carbocycles. The molecule has 1 rings (SSSR count). The van der Waals surface area contributed by atoms with Crippen LogP contribution in [0.3, 0.4) is 0 Å². The van der Waals surface area contributed by atoms with E-state index in [4.69, 9.17) is 10.5 Å². The molecule has 1 aliphatic heterocycles. The second-order valence-corrected chi connectivity index (χ2v) is 4.52. The van der Waals surface area contributed by atoms with E-state index in [9.17, 15) is 0 Å². The van der Waals surface area contributed by atoms with Gasteiger partial charge in [0.15, 0.2) is 0 Å². The summed E-state index contributed by atoms with van der Waals surface area (Å²) in [5.74, 6) is 0. The van der Waals surface area contributed by atoms with Gasteiger partial charge in [0.25, 0.3) is 0 Å². The minimum absolute atomic E-state index is 0.403. The van der Waals surface area contributed by atoms with Crippen molar-refractivity contribution in [2.45, 2.75) is 45.1 Å². The Labute approximate surface area is 94.0 Å². The first-order valence-corrected chi connectivity index (χ1v) is 6.38. The Morgan fingerprint density at radius 2 is 2.13 bits per heavy atom. The molecule has 15 heavy (non-hydrogen) atoms. The zero-order valence-corrected chi connectivity index (χ0v) is 10.1. The predicted molar refractivity (Wildman–Crippen MR) is 64.0 cm³/mol. The zero-order valence-electron chi connectivity index (χ0n) is 10.1. The lowest BCUT2D eigenvalue weighted by Crippen LogP contribution is -2.43. The Kier molecular flexibility index (Phi) is 6.98. The van der Waals surface area contributed by atoms with Gasteiger partial charge in [-0.3, -0.25) is 0 Å². The standard InChI is InChI=1S/C12H26N2O/c1-2-3-9-15-10-5-8-14-7-4-6-12(13)11-14/h12H,2-11,13H2,1H3. The van der Waals surface area contributed by atoms with E-state index in [1.54, 1.807) is 0 Å². The Bertz CT molecular complexity index is 153. The van der Waals surface area contributed by atoms with Crippen LogP contribution in [0.5, 0.6) is 0 Å². The van der Waals surface area contributed by atoms with Gasteiger partial charge in [-0.1, -0.05) is 13.3 Å². The maximum absolute atomic E-state index is 5.92. The Hall–Kier alpha value is -0.120. The quantitative estimate of drug-likeness (QED) is 0.654. The van der Waals surface area contributed by atoms with Crippen molar-refractivity contribution in [1.29, 1.82) is 0 Å². The topological polar surface area (TPSA) is 38.5 Å². The van der Waals surface area contributed by atoms with Crippen LogP contribution in [-0.4, -0.2) is 43.8 Å². The fraction of sp³-hybridized carbons (Fsp3) is 1.00. The molecule has 90 valence electrons. The molecular weight excluding hydrogens is 188 g/mol. The molecule has 1 aliphatic rings. The SMILES string of the molecule is CCCCOCCCN1CCCC(N)C1. The number of hydrogen-bond donors (Lipinski definition) is 1. The molecule has 2 N–H and O–H groups in total. The highest BCUT2D eigenvalue weighted by Gasteiger charge is 2.15. The number of rotatable bonds is 7. The van der Waals surface area contributed by atoms with E-state index in [2.05, 4.69) is 11.8 Å². The first kappa shape index (κ1) is 12.9. The molecule has 1 heterocycles. The highest BCUT2D eigenvalue weighted by atomic mass is 16.5. The number of hydrogen-bond acceptors (Lipinski definition) is 3. The van der Waals surface area contributed by atoms with E-state index in [0.29, 0.717) is 6.04 Å². The summed E-state index contributed by atoms with van der Waals surface area (Å²) < 4.78 is 5.53. The Morgan fingerprint density at radius 3 is 2.87 bits per heavy atom. The molecule has 0 bridgehead atoms. The molecule has 1 saturated heterocycles. The average molecular weight is 214 g/mol. The van der Waals surface area contributed by atoms with E-state index in [1.807, 2.05) is 0 Å². The minimum Gasteiger partial charge on any atom is -0.381 e. The van der Waals surface area contributed by atoms with Crippen LogP contribution < -0.4 is 5.73 Å². The summed E-state index contributed by atoms with van der Waals surface area (Å²) in [6.07, 6.45) is 6.02. The van der Waals surface area contributed by atoms with Crippen LogP contribution >= 0.6 is 0 Å². The molecule has 0 radical (unpaired) electrons. The summed E-state index contributed by atoms with van der Waals surface area (Å²) in [4.78, 5) is 2.47. The summed E-state index contributed by atoms with van der Waals surface area (Å²) in [5.41, 5.74) is 5.92.